The molecule has 222 valence electrons. The zero-order chi connectivity index (χ0) is 30.3. The van der Waals surface area contributed by atoms with Crippen molar-refractivity contribution in [3.63, 3.8) is 0 Å². The zero-order valence-electron chi connectivity index (χ0n) is 23.4. The fourth-order valence-electron chi connectivity index (χ4n) is 4.27. The van der Waals surface area contributed by atoms with E-state index >= 15 is 0 Å². The quantitative estimate of drug-likeness (QED) is 0.184. The largest absolute Gasteiger partial charge is 0.480 e. The molecular formula is C31H35N3O8. The van der Waals surface area contributed by atoms with Crippen molar-refractivity contribution >= 4 is 40.6 Å². The molecule has 3 rings (SSSR count). The Hall–Kier alpha value is -4.93. The van der Waals surface area contributed by atoms with Crippen LogP contribution in [0.2, 0.25) is 0 Å². The number of fused-ring (bicyclic) bond motifs is 1. The Kier molecular flexibility index (Phi) is 12.3. The van der Waals surface area contributed by atoms with Gasteiger partial charge in [0, 0.05) is 6.54 Å². The molecule has 0 saturated carbocycles. The number of unbranched alkanes of at least 4 members (excludes halogenated alkanes) is 1. The van der Waals surface area contributed by atoms with Crippen LogP contribution in [0.15, 0.2) is 72.8 Å². The van der Waals surface area contributed by atoms with Crippen molar-refractivity contribution in [3.05, 3.63) is 83.9 Å². The van der Waals surface area contributed by atoms with Crippen LogP contribution in [0.4, 0.5) is 4.79 Å². The molecule has 3 aromatic rings. The molecule has 1 atom stereocenters. The van der Waals surface area contributed by atoms with Crippen molar-refractivity contribution in [2.24, 2.45) is 0 Å². The summed E-state index contributed by atoms with van der Waals surface area (Å²) in [5, 5.41) is 16.4. The summed E-state index contributed by atoms with van der Waals surface area (Å²) in [6.07, 6.45) is 0.511. The van der Waals surface area contributed by atoms with E-state index in [9.17, 15) is 29.1 Å². The number of hydrogen-bond acceptors (Lipinski definition) is 7. The van der Waals surface area contributed by atoms with Gasteiger partial charge < -0.3 is 30.1 Å². The third kappa shape index (κ3) is 10.6. The highest BCUT2D eigenvalue weighted by Crippen LogP contribution is 2.16. The summed E-state index contributed by atoms with van der Waals surface area (Å²) in [4.78, 5) is 62.3. The number of carboxylic acid groups (broad SMARTS) is 1. The van der Waals surface area contributed by atoms with Gasteiger partial charge in [0.2, 0.25) is 11.8 Å². The van der Waals surface area contributed by atoms with Crippen LogP contribution in [0.1, 0.15) is 30.4 Å². The molecule has 3 aromatic carbocycles. The molecule has 42 heavy (non-hydrogen) atoms. The maximum atomic E-state index is 13.0. The molecule has 11 heteroatoms. The standard InChI is InChI=1S/C31H35N3O8/c1-41-30(39)26(13-7-8-16-32-31(40)42-21-22-9-3-2-4-10-22)33-27(35)19-34(20-29(37)38)28(36)18-23-14-15-24-11-5-6-12-25(24)17-23/h2-6,9-12,14-15,17,26H,7-8,13,16,18-21H2,1H3,(H,32,40)(H,33,35)(H,37,38)/t26-/m0/s1. The third-order valence-electron chi connectivity index (χ3n) is 6.41. The Morgan fingerprint density at radius 1 is 0.857 bits per heavy atom. The predicted octanol–water partition coefficient (Wildman–Crippen LogP) is 3.05. The molecule has 3 amide bonds. The number of methoxy groups -OCH3 is 1. The molecule has 3 N–H and O–H groups in total. The Bertz CT molecular complexity index is 1380. The molecule has 0 fully saturated rings. The van der Waals surface area contributed by atoms with E-state index in [0.29, 0.717) is 24.9 Å². The number of nitrogens with zero attached hydrogens (tertiary/aromatic N) is 1. The number of aliphatic carboxylic acids is 1. The zero-order valence-corrected chi connectivity index (χ0v) is 23.4. The highest BCUT2D eigenvalue weighted by atomic mass is 16.5. The Balaban J connectivity index is 1.47. The second kappa shape index (κ2) is 16.4. The minimum Gasteiger partial charge on any atom is -0.480 e. The molecule has 0 unspecified atom stereocenters. The normalized spacial score (nSPS) is 11.3. The van der Waals surface area contributed by atoms with Gasteiger partial charge in [0.15, 0.2) is 0 Å². The molecule has 0 aromatic heterocycles. The first-order valence-corrected chi connectivity index (χ1v) is 13.5. The number of alkyl carbamates (subject to hydrolysis) is 1. The van der Waals surface area contributed by atoms with Crippen LogP contribution >= 0.6 is 0 Å². The summed E-state index contributed by atoms with van der Waals surface area (Å²) in [5.41, 5.74) is 1.54. The lowest BCUT2D eigenvalue weighted by molar-refractivity contribution is -0.148. The molecular weight excluding hydrogens is 542 g/mol. The maximum absolute atomic E-state index is 13.0. The summed E-state index contributed by atoms with van der Waals surface area (Å²) in [5.74, 6) is -3.18. The van der Waals surface area contributed by atoms with Crippen molar-refractivity contribution in [1.82, 2.24) is 15.5 Å². The van der Waals surface area contributed by atoms with Crippen LogP contribution in [0, 0.1) is 0 Å². The number of carboxylic acids is 1. The lowest BCUT2D eigenvalue weighted by Gasteiger charge is -2.22. The van der Waals surface area contributed by atoms with E-state index in [0.717, 1.165) is 21.2 Å². The number of amides is 3. The van der Waals surface area contributed by atoms with Gasteiger partial charge in [-0.15, -0.1) is 0 Å². The van der Waals surface area contributed by atoms with E-state index in [4.69, 9.17) is 9.47 Å². The molecule has 0 saturated heterocycles. The van der Waals surface area contributed by atoms with Gasteiger partial charge in [0.25, 0.3) is 0 Å². The fourth-order valence-corrected chi connectivity index (χ4v) is 4.27. The number of rotatable bonds is 15. The minimum absolute atomic E-state index is 0.0907. The molecule has 0 bridgehead atoms. The SMILES string of the molecule is COC(=O)[C@H](CCCCNC(=O)OCc1ccccc1)NC(=O)CN(CC(=O)O)C(=O)Cc1ccc2ccccc2c1. The van der Waals surface area contributed by atoms with E-state index in [1.807, 2.05) is 66.7 Å². The summed E-state index contributed by atoms with van der Waals surface area (Å²) in [7, 11) is 1.19. The van der Waals surface area contributed by atoms with E-state index in [-0.39, 0.29) is 19.4 Å². The van der Waals surface area contributed by atoms with E-state index in [1.54, 1.807) is 6.07 Å². The van der Waals surface area contributed by atoms with Crippen LogP contribution < -0.4 is 10.6 Å². The highest BCUT2D eigenvalue weighted by molar-refractivity contribution is 5.91. The summed E-state index contributed by atoms with van der Waals surface area (Å²) in [6.45, 7) is -0.770. The topological polar surface area (TPSA) is 151 Å². The van der Waals surface area contributed by atoms with Crippen LogP contribution in [-0.2, 0) is 41.7 Å². The van der Waals surface area contributed by atoms with Crippen LogP contribution in [0.5, 0.6) is 0 Å². The smallest absolute Gasteiger partial charge is 0.407 e. The lowest BCUT2D eigenvalue weighted by Crippen LogP contribution is -2.48. The maximum Gasteiger partial charge on any atom is 0.407 e. The molecule has 11 nitrogen and oxygen atoms in total. The summed E-state index contributed by atoms with van der Waals surface area (Å²) in [6, 6.07) is 21.4. The molecule has 0 spiro atoms. The van der Waals surface area contributed by atoms with Crippen molar-refractivity contribution in [2.45, 2.75) is 38.3 Å². The molecule has 0 radical (unpaired) electrons. The van der Waals surface area contributed by atoms with Crippen molar-refractivity contribution < 1.29 is 38.6 Å². The number of esters is 1. The first kappa shape index (κ1) is 31.6. The molecule has 0 aliphatic heterocycles. The van der Waals surface area contributed by atoms with E-state index in [1.165, 1.54) is 7.11 Å². The Morgan fingerprint density at radius 2 is 1.57 bits per heavy atom. The first-order chi connectivity index (χ1) is 20.2. The third-order valence-corrected chi connectivity index (χ3v) is 6.41. The highest BCUT2D eigenvalue weighted by Gasteiger charge is 2.25. The van der Waals surface area contributed by atoms with E-state index < -0.39 is 49.0 Å². The van der Waals surface area contributed by atoms with Crippen molar-refractivity contribution in [2.75, 3.05) is 26.7 Å². The average Bonchev–Trinajstić information content (AvgIpc) is 2.98. The number of hydrogen-bond donors (Lipinski definition) is 3. The van der Waals surface area contributed by atoms with Gasteiger partial charge in [0.05, 0.1) is 13.5 Å². The van der Waals surface area contributed by atoms with Gasteiger partial charge in [-0.25, -0.2) is 9.59 Å². The van der Waals surface area contributed by atoms with Crippen LogP contribution in [-0.4, -0.2) is 72.6 Å². The fraction of sp³-hybridized carbons (Fsp3) is 0.323. The second-order valence-corrected chi connectivity index (χ2v) is 9.63. The summed E-state index contributed by atoms with van der Waals surface area (Å²) < 4.78 is 9.94. The first-order valence-electron chi connectivity index (χ1n) is 13.5. The number of benzene rings is 3. The van der Waals surface area contributed by atoms with Crippen molar-refractivity contribution in [1.29, 1.82) is 0 Å². The number of carbonyl (C=O) groups excluding carboxylic acids is 4. The monoisotopic (exact) mass is 577 g/mol. The van der Waals surface area contributed by atoms with Crippen molar-refractivity contribution in [3.8, 4) is 0 Å². The van der Waals surface area contributed by atoms with Crippen LogP contribution in [0.3, 0.4) is 0 Å². The van der Waals surface area contributed by atoms with Gasteiger partial charge in [-0.05, 0) is 41.2 Å². The van der Waals surface area contributed by atoms with Gasteiger partial charge in [-0.1, -0.05) is 72.8 Å². The summed E-state index contributed by atoms with van der Waals surface area (Å²) >= 11 is 0. The number of carbonyl (C=O) groups is 5. The Labute approximate surface area is 243 Å². The molecule has 0 aliphatic carbocycles. The Morgan fingerprint density at radius 3 is 2.29 bits per heavy atom. The van der Waals surface area contributed by atoms with Gasteiger partial charge in [-0.2, -0.15) is 0 Å². The van der Waals surface area contributed by atoms with Gasteiger partial charge in [0.1, 0.15) is 25.7 Å². The average molecular weight is 578 g/mol. The minimum atomic E-state index is -1.27. The number of nitrogens with one attached hydrogen (secondary N) is 2. The van der Waals surface area contributed by atoms with Gasteiger partial charge in [-0.3, -0.25) is 14.4 Å². The van der Waals surface area contributed by atoms with Gasteiger partial charge >= 0.3 is 18.0 Å². The van der Waals surface area contributed by atoms with E-state index in [2.05, 4.69) is 10.6 Å². The predicted molar refractivity (Wildman–Crippen MR) is 154 cm³/mol. The number of ether oxygens (including phenoxy) is 2. The second-order valence-electron chi connectivity index (χ2n) is 9.63. The molecule has 0 heterocycles. The lowest BCUT2D eigenvalue weighted by atomic mass is 10.0. The van der Waals surface area contributed by atoms with Crippen LogP contribution in [0.25, 0.3) is 10.8 Å². The molecule has 0 aliphatic rings.